The molecule has 8 bridgehead atoms. The van der Waals surface area contributed by atoms with Crippen LogP contribution in [0.5, 0.6) is 0 Å². The third kappa shape index (κ3) is 4.15. The Balaban J connectivity index is 0.00000353. The van der Waals surface area contributed by atoms with E-state index in [0.29, 0.717) is 11.4 Å². The molecular formula is C30H18F4N4Pt. The largest absolute Gasteiger partial charge is 2.00 e. The standard InChI is InChI=1S/C30H18F4N4.Pt/c1-29(2)18-12-15(24(31)17(14-35)25(18)32)20-8-6-10-22(37-20)30(3,4)23-11-7-9-21(38-23)16-13-19(29)27(34)28(36-5)26(16)33;/h6-11H,1-4H3;/q-2;+2. The number of rotatable bonds is 0. The van der Waals surface area contributed by atoms with Crippen molar-refractivity contribution >= 4 is 5.69 Å². The fourth-order valence-corrected chi connectivity index (χ4v) is 4.66. The van der Waals surface area contributed by atoms with Crippen molar-refractivity contribution in [1.82, 2.24) is 9.97 Å². The van der Waals surface area contributed by atoms with Crippen molar-refractivity contribution in [2.75, 3.05) is 0 Å². The fraction of sp³-hybridized carbons (Fsp3) is 0.200. The summed E-state index contributed by atoms with van der Waals surface area (Å²) in [5.41, 5.74) is -4.52. The predicted molar refractivity (Wildman–Crippen MR) is 132 cm³/mol. The molecule has 0 unspecified atom stereocenters. The van der Waals surface area contributed by atoms with E-state index >= 15 is 17.6 Å². The molecular weight excluding hydrogens is 687 g/mol. The number of aromatic nitrogens is 2. The zero-order valence-corrected chi connectivity index (χ0v) is 23.4. The number of hydrogen-bond acceptors (Lipinski definition) is 3. The minimum Gasteiger partial charge on any atom is -0.300 e. The van der Waals surface area contributed by atoms with Crippen LogP contribution >= 0.6 is 0 Å². The molecule has 1 aliphatic heterocycles. The number of pyridine rings is 2. The Hall–Kier alpha value is -3.87. The monoisotopic (exact) mass is 705 g/mol. The van der Waals surface area contributed by atoms with Gasteiger partial charge in [0.05, 0.1) is 24.3 Å². The van der Waals surface area contributed by atoms with Crippen molar-refractivity contribution in [2.24, 2.45) is 0 Å². The molecule has 39 heavy (non-hydrogen) atoms. The second kappa shape index (κ2) is 9.70. The molecule has 0 N–H and O–H groups in total. The van der Waals surface area contributed by atoms with Crippen molar-refractivity contribution in [2.45, 2.75) is 38.5 Å². The molecule has 2 aromatic carbocycles. The van der Waals surface area contributed by atoms with E-state index < -0.39 is 45.3 Å². The van der Waals surface area contributed by atoms with Crippen LogP contribution in [0.15, 0.2) is 36.4 Å². The van der Waals surface area contributed by atoms with Crippen LogP contribution in [0.25, 0.3) is 27.4 Å². The normalized spacial score (nSPS) is 14.3. The van der Waals surface area contributed by atoms with Gasteiger partial charge in [0.25, 0.3) is 0 Å². The van der Waals surface area contributed by atoms with Crippen molar-refractivity contribution in [3.8, 4) is 28.6 Å². The average molecular weight is 706 g/mol. The van der Waals surface area contributed by atoms with Gasteiger partial charge in [0.15, 0.2) is 5.69 Å². The first-order valence-electron chi connectivity index (χ1n) is 11.6. The summed E-state index contributed by atoms with van der Waals surface area (Å²) in [6, 6.07) is 16.6. The van der Waals surface area contributed by atoms with E-state index in [4.69, 9.17) is 6.57 Å². The van der Waals surface area contributed by atoms with Crippen LogP contribution in [0.3, 0.4) is 0 Å². The smallest absolute Gasteiger partial charge is 0.300 e. The Morgan fingerprint density at radius 3 is 1.74 bits per heavy atom. The molecule has 0 atom stereocenters. The van der Waals surface area contributed by atoms with E-state index in [-0.39, 0.29) is 54.7 Å². The molecule has 0 saturated heterocycles. The van der Waals surface area contributed by atoms with E-state index in [1.54, 1.807) is 30.3 Å². The maximum atomic E-state index is 15.6. The van der Waals surface area contributed by atoms with E-state index in [1.807, 2.05) is 13.8 Å². The van der Waals surface area contributed by atoms with Crippen molar-refractivity contribution < 1.29 is 38.6 Å². The Labute approximate surface area is 237 Å². The van der Waals surface area contributed by atoms with Gasteiger partial charge in [-0.05, 0) is 42.8 Å². The van der Waals surface area contributed by atoms with E-state index in [2.05, 4.69) is 26.9 Å². The van der Waals surface area contributed by atoms with Gasteiger partial charge in [-0.15, -0.1) is 17.7 Å². The van der Waals surface area contributed by atoms with Gasteiger partial charge in [-0.1, -0.05) is 54.8 Å². The number of nitrogens with zero attached hydrogens (tertiary/aromatic N) is 4. The first-order chi connectivity index (χ1) is 17.9. The van der Waals surface area contributed by atoms with Gasteiger partial charge in [0.1, 0.15) is 0 Å². The summed E-state index contributed by atoms with van der Waals surface area (Å²) in [5.74, 6) is -4.81. The van der Waals surface area contributed by atoms with Gasteiger partial charge in [0.2, 0.25) is 0 Å². The van der Waals surface area contributed by atoms with Gasteiger partial charge in [-0.3, -0.25) is 22.4 Å². The molecule has 0 saturated carbocycles. The molecule has 5 rings (SSSR count). The minimum atomic E-state index is -1.68. The van der Waals surface area contributed by atoms with Crippen LogP contribution in [0.2, 0.25) is 0 Å². The van der Waals surface area contributed by atoms with Crippen LogP contribution < -0.4 is 0 Å². The average Bonchev–Trinajstić information content (AvgIpc) is 2.89. The van der Waals surface area contributed by atoms with Crippen molar-refractivity contribution in [1.29, 1.82) is 5.26 Å². The molecule has 4 aromatic rings. The van der Waals surface area contributed by atoms with Crippen molar-refractivity contribution in [3.05, 3.63) is 111 Å². The topological polar surface area (TPSA) is 53.9 Å². The van der Waals surface area contributed by atoms with Crippen LogP contribution in [0, 0.1) is 53.3 Å². The van der Waals surface area contributed by atoms with Gasteiger partial charge in [-0.2, -0.15) is 5.26 Å². The Morgan fingerprint density at radius 1 is 0.769 bits per heavy atom. The third-order valence-corrected chi connectivity index (χ3v) is 7.00. The second-order valence-electron chi connectivity index (χ2n) is 10.0. The minimum absolute atomic E-state index is 0. The quantitative estimate of drug-likeness (QED) is 0.142. The van der Waals surface area contributed by atoms with Gasteiger partial charge < -0.3 is 9.97 Å². The first kappa shape index (κ1) is 28.1. The Morgan fingerprint density at radius 2 is 1.26 bits per heavy atom. The maximum Gasteiger partial charge on any atom is 2.00 e. The second-order valence-corrected chi connectivity index (χ2v) is 10.0. The summed E-state index contributed by atoms with van der Waals surface area (Å²) in [4.78, 5) is 12.3. The fourth-order valence-electron chi connectivity index (χ4n) is 4.66. The third-order valence-electron chi connectivity index (χ3n) is 7.00. The zero-order valence-electron chi connectivity index (χ0n) is 21.1. The van der Waals surface area contributed by atoms with E-state index in [0.717, 1.165) is 0 Å². The number of benzene rings is 2. The number of nitriles is 1. The maximum absolute atomic E-state index is 15.6. The van der Waals surface area contributed by atoms with Gasteiger partial charge >= 0.3 is 21.1 Å². The molecule has 0 spiro atoms. The van der Waals surface area contributed by atoms with Crippen LogP contribution in [0.1, 0.15) is 55.8 Å². The van der Waals surface area contributed by atoms with Crippen LogP contribution in [-0.4, -0.2) is 9.97 Å². The van der Waals surface area contributed by atoms with Gasteiger partial charge in [-0.25, -0.2) is 0 Å². The molecule has 0 aliphatic carbocycles. The zero-order chi connectivity index (χ0) is 27.6. The van der Waals surface area contributed by atoms with Crippen LogP contribution in [0.4, 0.5) is 23.2 Å². The van der Waals surface area contributed by atoms with Gasteiger partial charge in [0, 0.05) is 34.0 Å². The number of fused-ring (bicyclic) bond motifs is 10. The van der Waals surface area contributed by atoms with Crippen molar-refractivity contribution in [3.63, 3.8) is 0 Å². The SMILES string of the molecule is [C-]#[N+]c1c(F)c2[c-]c(c1F)C(C)(C)c1[c-]c(c(F)c(C#N)c1F)-c1cccc(n1)C(C)(C)c1cccc-2n1.[Pt+2]. The summed E-state index contributed by atoms with van der Waals surface area (Å²) in [7, 11) is 0. The van der Waals surface area contributed by atoms with Crippen LogP contribution in [-0.2, 0) is 31.9 Å². The van der Waals surface area contributed by atoms with E-state index in [9.17, 15) is 5.26 Å². The summed E-state index contributed by atoms with van der Waals surface area (Å²) in [6.07, 6.45) is 0. The molecule has 4 nitrogen and oxygen atoms in total. The van der Waals surface area contributed by atoms with E-state index in [1.165, 1.54) is 26.0 Å². The molecule has 0 amide bonds. The Bertz CT molecular complexity index is 1620. The molecule has 0 fully saturated rings. The first-order valence-corrected chi connectivity index (χ1v) is 11.6. The molecule has 3 heterocycles. The molecule has 1 aliphatic rings. The summed E-state index contributed by atoms with van der Waals surface area (Å²) in [6.45, 7) is 13.9. The predicted octanol–water partition coefficient (Wildman–Crippen LogP) is 7.35. The summed E-state index contributed by atoms with van der Waals surface area (Å²) < 4.78 is 62.3. The molecule has 196 valence electrons. The summed E-state index contributed by atoms with van der Waals surface area (Å²) in [5, 5.41) is 9.62. The number of hydrogen-bond donors (Lipinski definition) is 0. The molecule has 2 aromatic heterocycles. The molecule has 0 radical (unpaired) electrons. The summed E-state index contributed by atoms with van der Waals surface area (Å²) >= 11 is 0. The molecule has 9 heteroatoms. The number of halogens is 4. The Kier molecular flexibility index (Phi) is 7.00.